The zero-order valence-corrected chi connectivity index (χ0v) is 17.8. The van der Waals surface area contributed by atoms with Gasteiger partial charge in [-0.1, -0.05) is 55.5 Å². The van der Waals surface area contributed by atoms with Gasteiger partial charge >= 0.3 is 0 Å². The summed E-state index contributed by atoms with van der Waals surface area (Å²) in [5.41, 5.74) is 0.992. The van der Waals surface area contributed by atoms with Crippen molar-refractivity contribution in [2.24, 2.45) is 0 Å². The minimum Gasteiger partial charge on any atom is -0.475 e. The lowest BCUT2D eigenvalue weighted by Crippen LogP contribution is -2.55. The maximum Gasteiger partial charge on any atom is 0.154 e. The van der Waals surface area contributed by atoms with Crippen LogP contribution in [0.15, 0.2) is 54.6 Å². The SMILES string of the molecule is CCC(Oc1ccccc1C(O)CCc1ccccc1)N(C(C)C)C(C)(C)O. The van der Waals surface area contributed by atoms with E-state index in [0.29, 0.717) is 12.2 Å². The highest BCUT2D eigenvalue weighted by atomic mass is 16.5. The second-order valence-electron chi connectivity index (χ2n) is 8.05. The molecule has 0 aliphatic carbocycles. The van der Waals surface area contributed by atoms with E-state index in [9.17, 15) is 10.2 Å². The van der Waals surface area contributed by atoms with Gasteiger partial charge < -0.3 is 14.9 Å². The Bertz CT molecular complexity index is 709. The third-order valence-electron chi connectivity index (χ3n) is 4.94. The van der Waals surface area contributed by atoms with Crippen molar-refractivity contribution in [2.45, 2.75) is 78.0 Å². The number of para-hydroxylation sites is 1. The van der Waals surface area contributed by atoms with Crippen molar-refractivity contribution < 1.29 is 14.9 Å². The monoisotopic (exact) mass is 385 g/mol. The second-order valence-corrected chi connectivity index (χ2v) is 8.05. The van der Waals surface area contributed by atoms with Crippen molar-refractivity contribution in [2.75, 3.05) is 0 Å². The molecule has 0 aliphatic heterocycles. The number of benzene rings is 2. The van der Waals surface area contributed by atoms with E-state index in [1.807, 2.05) is 68.1 Å². The second kappa shape index (κ2) is 10.1. The summed E-state index contributed by atoms with van der Waals surface area (Å²) < 4.78 is 6.32. The molecular formula is C24H35NO3. The van der Waals surface area contributed by atoms with Crippen molar-refractivity contribution in [3.05, 3.63) is 65.7 Å². The van der Waals surface area contributed by atoms with Crippen LogP contribution in [0.2, 0.25) is 0 Å². The average molecular weight is 386 g/mol. The number of aryl methyl sites for hydroxylation is 1. The van der Waals surface area contributed by atoms with Gasteiger partial charge in [-0.05, 0) is 58.6 Å². The van der Waals surface area contributed by atoms with Crippen LogP contribution in [-0.4, -0.2) is 33.1 Å². The van der Waals surface area contributed by atoms with Crippen LogP contribution in [0.5, 0.6) is 5.75 Å². The van der Waals surface area contributed by atoms with E-state index < -0.39 is 11.8 Å². The minimum atomic E-state index is -1.00. The first-order valence-corrected chi connectivity index (χ1v) is 10.2. The summed E-state index contributed by atoms with van der Waals surface area (Å²) in [5, 5.41) is 21.4. The average Bonchev–Trinajstić information content (AvgIpc) is 2.65. The summed E-state index contributed by atoms with van der Waals surface area (Å²) in [4.78, 5) is 1.96. The molecule has 154 valence electrons. The molecule has 0 amide bonds. The predicted octanol–water partition coefficient (Wildman–Crippen LogP) is 4.91. The smallest absolute Gasteiger partial charge is 0.154 e. The van der Waals surface area contributed by atoms with Gasteiger partial charge in [-0.15, -0.1) is 0 Å². The molecule has 2 atom stereocenters. The van der Waals surface area contributed by atoms with Crippen LogP contribution in [-0.2, 0) is 6.42 Å². The Balaban J connectivity index is 2.17. The largest absolute Gasteiger partial charge is 0.475 e. The topological polar surface area (TPSA) is 52.9 Å². The Morgan fingerprint density at radius 2 is 1.61 bits per heavy atom. The molecule has 0 bridgehead atoms. The molecule has 0 saturated heterocycles. The Morgan fingerprint density at radius 1 is 1.00 bits per heavy atom. The zero-order chi connectivity index (χ0) is 20.7. The molecule has 4 nitrogen and oxygen atoms in total. The number of hydrogen-bond donors (Lipinski definition) is 2. The molecule has 2 unspecified atom stereocenters. The first-order valence-electron chi connectivity index (χ1n) is 10.2. The highest BCUT2D eigenvalue weighted by molar-refractivity contribution is 5.35. The standard InChI is InChI=1S/C24H35NO3/c1-6-23(25(18(2)3)24(4,5)27)28-22-15-11-10-14-20(22)21(26)17-16-19-12-8-7-9-13-19/h7-15,18,21,23,26-27H,6,16-17H2,1-5H3. The van der Waals surface area contributed by atoms with Crippen molar-refractivity contribution >= 4 is 0 Å². The van der Waals surface area contributed by atoms with E-state index >= 15 is 0 Å². The van der Waals surface area contributed by atoms with Gasteiger partial charge in [0, 0.05) is 11.6 Å². The van der Waals surface area contributed by atoms with Crippen LogP contribution in [0.4, 0.5) is 0 Å². The lowest BCUT2D eigenvalue weighted by Gasteiger charge is -2.42. The summed E-state index contributed by atoms with van der Waals surface area (Å²) in [7, 11) is 0. The Labute approximate surface area is 169 Å². The maximum atomic E-state index is 10.8. The molecule has 0 spiro atoms. The number of ether oxygens (including phenoxy) is 1. The molecule has 28 heavy (non-hydrogen) atoms. The van der Waals surface area contributed by atoms with E-state index in [-0.39, 0.29) is 12.3 Å². The molecule has 0 heterocycles. The number of hydrogen-bond acceptors (Lipinski definition) is 4. The minimum absolute atomic E-state index is 0.111. The molecule has 0 radical (unpaired) electrons. The van der Waals surface area contributed by atoms with E-state index in [2.05, 4.69) is 12.1 Å². The van der Waals surface area contributed by atoms with Gasteiger partial charge in [-0.25, -0.2) is 4.90 Å². The normalized spacial score (nSPS) is 14.3. The summed E-state index contributed by atoms with van der Waals surface area (Å²) in [5.74, 6) is 0.671. The molecule has 0 aliphatic rings. The van der Waals surface area contributed by atoms with Gasteiger partial charge in [-0.2, -0.15) is 0 Å². The van der Waals surface area contributed by atoms with Gasteiger partial charge in [0.25, 0.3) is 0 Å². The van der Waals surface area contributed by atoms with E-state index in [1.54, 1.807) is 13.8 Å². The maximum absolute atomic E-state index is 10.8. The molecule has 0 saturated carbocycles. The quantitative estimate of drug-likeness (QED) is 0.571. The lowest BCUT2D eigenvalue weighted by molar-refractivity contribution is -0.163. The highest BCUT2D eigenvalue weighted by Gasteiger charge is 2.33. The fourth-order valence-electron chi connectivity index (χ4n) is 3.77. The predicted molar refractivity (Wildman–Crippen MR) is 114 cm³/mol. The lowest BCUT2D eigenvalue weighted by atomic mass is 10.0. The Kier molecular flexibility index (Phi) is 8.05. The molecule has 2 rings (SSSR count). The van der Waals surface area contributed by atoms with E-state index in [0.717, 1.165) is 18.4 Å². The Hall–Kier alpha value is -1.88. The van der Waals surface area contributed by atoms with Crippen molar-refractivity contribution in [3.63, 3.8) is 0 Å². The molecule has 4 heteroatoms. The first-order chi connectivity index (χ1) is 13.2. The van der Waals surface area contributed by atoms with Gasteiger partial charge in [0.1, 0.15) is 11.5 Å². The van der Waals surface area contributed by atoms with Crippen molar-refractivity contribution in [1.82, 2.24) is 4.90 Å². The van der Waals surface area contributed by atoms with Crippen molar-refractivity contribution in [1.29, 1.82) is 0 Å². The van der Waals surface area contributed by atoms with Crippen LogP contribution in [0.3, 0.4) is 0 Å². The summed E-state index contributed by atoms with van der Waals surface area (Å²) in [6.07, 6.45) is 1.25. The van der Waals surface area contributed by atoms with Crippen LogP contribution in [0.1, 0.15) is 64.7 Å². The highest BCUT2D eigenvalue weighted by Crippen LogP contribution is 2.31. The number of rotatable bonds is 10. The first kappa shape index (κ1) is 22.4. The molecular weight excluding hydrogens is 350 g/mol. The van der Waals surface area contributed by atoms with Crippen LogP contribution >= 0.6 is 0 Å². The zero-order valence-electron chi connectivity index (χ0n) is 17.8. The molecule has 2 N–H and O–H groups in total. The third kappa shape index (κ3) is 6.06. The number of aliphatic hydroxyl groups is 2. The Morgan fingerprint density at radius 3 is 2.18 bits per heavy atom. The number of nitrogens with zero attached hydrogens (tertiary/aromatic N) is 1. The van der Waals surface area contributed by atoms with E-state index in [1.165, 1.54) is 5.56 Å². The van der Waals surface area contributed by atoms with Crippen LogP contribution < -0.4 is 4.74 Å². The molecule has 0 aromatic heterocycles. The fraction of sp³-hybridized carbons (Fsp3) is 0.500. The van der Waals surface area contributed by atoms with Gasteiger partial charge in [0.05, 0.1) is 6.10 Å². The summed E-state index contributed by atoms with van der Waals surface area (Å²) in [6, 6.07) is 17.9. The van der Waals surface area contributed by atoms with Crippen LogP contribution in [0.25, 0.3) is 0 Å². The van der Waals surface area contributed by atoms with Gasteiger partial charge in [0.2, 0.25) is 0 Å². The molecule has 0 fully saturated rings. The summed E-state index contributed by atoms with van der Waals surface area (Å²) >= 11 is 0. The van der Waals surface area contributed by atoms with Crippen molar-refractivity contribution in [3.8, 4) is 5.75 Å². The molecule has 2 aromatic carbocycles. The van der Waals surface area contributed by atoms with Gasteiger partial charge in [-0.3, -0.25) is 0 Å². The third-order valence-corrected chi connectivity index (χ3v) is 4.94. The van der Waals surface area contributed by atoms with Crippen LogP contribution in [0, 0.1) is 0 Å². The number of aliphatic hydroxyl groups excluding tert-OH is 1. The summed E-state index contributed by atoms with van der Waals surface area (Å²) in [6.45, 7) is 9.69. The fourth-order valence-corrected chi connectivity index (χ4v) is 3.77. The molecule has 2 aromatic rings. The van der Waals surface area contributed by atoms with Gasteiger partial charge in [0.15, 0.2) is 6.23 Å². The van der Waals surface area contributed by atoms with E-state index in [4.69, 9.17) is 4.74 Å².